The summed E-state index contributed by atoms with van der Waals surface area (Å²) in [6, 6.07) is 20.1. The van der Waals surface area contributed by atoms with Crippen molar-refractivity contribution in [3.63, 3.8) is 0 Å². The molecule has 1 atom stereocenters. The van der Waals surface area contributed by atoms with Crippen LogP contribution < -0.4 is 10.2 Å². The molecule has 1 unspecified atom stereocenters. The third kappa shape index (κ3) is 5.34. The van der Waals surface area contributed by atoms with Crippen LogP contribution in [0.2, 0.25) is 0 Å². The van der Waals surface area contributed by atoms with Crippen LogP contribution in [0.15, 0.2) is 66.7 Å². The number of urea groups is 1. The molecule has 3 aromatic carbocycles. The Morgan fingerprint density at radius 1 is 1.02 bits per heavy atom. The van der Waals surface area contributed by atoms with Gasteiger partial charge in [0.25, 0.3) is 5.91 Å². The van der Waals surface area contributed by atoms with E-state index >= 15 is 0 Å². The summed E-state index contributed by atoms with van der Waals surface area (Å²) < 4.78 is 7.77. The number of benzene rings is 3. The van der Waals surface area contributed by atoms with Gasteiger partial charge in [-0.3, -0.25) is 4.79 Å². The van der Waals surface area contributed by atoms with Crippen molar-refractivity contribution in [2.75, 3.05) is 4.90 Å². The number of amides is 3. The van der Waals surface area contributed by atoms with Crippen molar-refractivity contribution >= 4 is 34.6 Å². The minimum Gasteiger partial charge on any atom is -0.456 e. The van der Waals surface area contributed by atoms with E-state index in [-0.39, 0.29) is 11.9 Å². The van der Waals surface area contributed by atoms with Gasteiger partial charge in [-0.25, -0.2) is 19.5 Å². The molecule has 8 nitrogen and oxygen atoms in total. The summed E-state index contributed by atoms with van der Waals surface area (Å²) in [7, 11) is 0. The number of aryl methyl sites for hydroxylation is 1. The summed E-state index contributed by atoms with van der Waals surface area (Å²) >= 11 is 0. The molecule has 1 aliphatic rings. The maximum absolute atomic E-state index is 12.9. The van der Waals surface area contributed by atoms with Gasteiger partial charge in [-0.05, 0) is 75.1 Å². The van der Waals surface area contributed by atoms with E-state index in [0.717, 1.165) is 46.4 Å². The van der Waals surface area contributed by atoms with E-state index in [2.05, 4.69) is 16.8 Å². The predicted molar refractivity (Wildman–Crippen MR) is 155 cm³/mol. The van der Waals surface area contributed by atoms with Gasteiger partial charge in [-0.1, -0.05) is 49.4 Å². The van der Waals surface area contributed by atoms with Crippen LogP contribution in [0.3, 0.4) is 0 Å². The number of carbonyl (C=O) groups excluding carboxylic acids is 3. The molecule has 2 heterocycles. The van der Waals surface area contributed by atoms with Crippen LogP contribution in [0.5, 0.6) is 0 Å². The van der Waals surface area contributed by atoms with Crippen LogP contribution >= 0.6 is 0 Å². The highest BCUT2D eigenvalue weighted by Crippen LogP contribution is 2.29. The number of hydrogen-bond acceptors (Lipinski definition) is 5. The highest BCUT2D eigenvalue weighted by Gasteiger charge is 2.36. The highest BCUT2D eigenvalue weighted by atomic mass is 16.6. The second-order valence-electron chi connectivity index (χ2n) is 11.1. The number of hydrogen-bond donors (Lipinski definition) is 1. The van der Waals surface area contributed by atoms with E-state index in [9.17, 15) is 14.4 Å². The SMILES string of the molecule is CCCc1nc2ccc(N3C(=O)NC(C)C3=O)cc2n1Cc1ccc(-c2ccccc2C(=O)OC(C)(C)C)cc1. The Kier molecular flexibility index (Phi) is 7.19. The molecule has 4 aromatic rings. The molecule has 5 rings (SSSR count). The number of ether oxygens (including phenoxy) is 1. The van der Waals surface area contributed by atoms with Crippen molar-refractivity contribution in [3.8, 4) is 11.1 Å². The molecule has 0 saturated carbocycles. The summed E-state index contributed by atoms with van der Waals surface area (Å²) in [5.41, 5.74) is 4.94. The van der Waals surface area contributed by atoms with Gasteiger partial charge in [0.1, 0.15) is 17.5 Å². The number of nitrogens with zero attached hydrogens (tertiary/aromatic N) is 3. The number of rotatable bonds is 7. The van der Waals surface area contributed by atoms with E-state index in [0.29, 0.717) is 17.8 Å². The largest absolute Gasteiger partial charge is 0.456 e. The molecule has 1 fully saturated rings. The number of esters is 1. The number of nitrogens with one attached hydrogen (secondary N) is 1. The predicted octanol–water partition coefficient (Wildman–Crippen LogP) is 6.10. The van der Waals surface area contributed by atoms with Crippen LogP contribution in [0.25, 0.3) is 22.2 Å². The number of imidazole rings is 1. The van der Waals surface area contributed by atoms with Gasteiger partial charge >= 0.3 is 12.0 Å². The van der Waals surface area contributed by atoms with E-state index < -0.39 is 17.7 Å². The molecule has 206 valence electrons. The smallest absolute Gasteiger partial charge is 0.339 e. The van der Waals surface area contributed by atoms with Crippen LogP contribution in [0.1, 0.15) is 62.8 Å². The number of anilines is 1. The molecule has 3 amide bonds. The number of fused-ring (bicyclic) bond motifs is 1. The average Bonchev–Trinajstić information content (AvgIpc) is 3.37. The quantitative estimate of drug-likeness (QED) is 0.227. The molecular formula is C32H34N4O4. The standard InChI is InChI=1S/C32H34N4O4/c1-6-9-28-34-26-17-16-23(36-29(37)20(2)33-31(36)39)18-27(26)35(28)19-21-12-14-22(15-13-21)24-10-7-8-11-25(24)30(38)40-32(3,4)5/h7-8,10-18,20H,6,9,19H2,1-5H3,(H,33,39). The minimum absolute atomic E-state index is 0.272. The monoisotopic (exact) mass is 538 g/mol. The van der Waals surface area contributed by atoms with Gasteiger partial charge in [0, 0.05) is 13.0 Å². The zero-order chi connectivity index (χ0) is 28.6. The molecule has 40 heavy (non-hydrogen) atoms. The Morgan fingerprint density at radius 3 is 2.40 bits per heavy atom. The van der Waals surface area contributed by atoms with Crippen molar-refractivity contribution in [3.05, 3.63) is 83.7 Å². The van der Waals surface area contributed by atoms with Crippen LogP contribution in [0, 0.1) is 0 Å². The molecule has 0 spiro atoms. The van der Waals surface area contributed by atoms with Crippen molar-refractivity contribution in [1.29, 1.82) is 0 Å². The maximum Gasteiger partial charge on any atom is 0.339 e. The van der Waals surface area contributed by atoms with E-state index in [1.807, 2.05) is 75.4 Å². The Labute approximate surface area is 234 Å². The summed E-state index contributed by atoms with van der Waals surface area (Å²) in [6.07, 6.45) is 1.73. The lowest BCUT2D eigenvalue weighted by Crippen LogP contribution is -2.30. The van der Waals surface area contributed by atoms with Gasteiger partial charge in [0.05, 0.1) is 22.3 Å². The summed E-state index contributed by atoms with van der Waals surface area (Å²) in [6.45, 7) is 9.93. The molecule has 1 N–H and O–H groups in total. The summed E-state index contributed by atoms with van der Waals surface area (Å²) in [5, 5.41) is 2.67. The second kappa shape index (κ2) is 10.6. The first kappa shape index (κ1) is 27.1. The lowest BCUT2D eigenvalue weighted by atomic mass is 9.98. The number of aromatic nitrogens is 2. The lowest BCUT2D eigenvalue weighted by Gasteiger charge is -2.20. The van der Waals surface area contributed by atoms with Gasteiger partial charge in [0.15, 0.2) is 0 Å². The normalized spacial score (nSPS) is 15.5. The fraction of sp³-hybridized carbons (Fsp3) is 0.312. The highest BCUT2D eigenvalue weighted by molar-refractivity contribution is 6.21. The van der Waals surface area contributed by atoms with Crippen molar-refractivity contribution < 1.29 is 19.1 Å². The molecule has 1 aromatic heterocycles. The molecule has 8 heteroatoms. The van der Waals surface area contributed by atoms with Gasteiger partial charge in [0.2, 0.25) is 0 Å². The topological polar surface area (TPSA) is 93.5 Å². The number of imide groups is 1. The Morgan fingerprint density at radius 2 is 1.75 bits per heavy atom. The van der Waals surface area contributed by atoms with Crippen LogP contribution in [0.4, 0.5) is 10.5 Å². The van der Waals surface area contributed by atoms with Crippen molar-refractivity contribution in [2.45, 2.75) is 65.6 Å². The Bertz CT molecular complexity index is 1600. The zero-order valence-corrected chi connectivity index (χ0v) is 23.5. The molecule has 1 aliphatic heterocycles. The maximum atomic E-state index is 12.9. The third-order valence-corrected chi connectivity index (χ3v) is 6.83. The fourth-order valence-electron chi connectivity index (χ4n) is 4.96. The first-order chi connectivity index (χ1) is 19.1. The van der Waals surface area contributed by atoms with Crippen LogP contribution in [-0.2, 0) is 22.5 Å². The molecular weight excluding hydrogens is 504 g/mol. The first-order valence-corrected chi connectivity index (χ1v) is 13.6. The minimum atomic E-state index is -0.582. The number of carbonyl (C=O) groups is 3. The van der Waals surface area contributed by atoms with Crippen LogP contribution in [-0.4, -0.2) is 39.1 Å². The third-order valence-electron chi connectivity index (χ3n) is 6.83. The van der Waals surface area contributed by atoms with Gasteiger partial charge < -0.3 is 14.6 Å². The lowest BCUT2D eigenvalue weighted by molar-refractivity contribution is -0.117. The molecule has 0 bridgehead atoms. The summed E-state index contributed by atoms with van der Waals surface area (Å²) in [5.74, 6) is 0.322. The fourth-order valence-corrected chi connectivity index (χ4v) is 4.96. The zero-order valence-electron chi connectivity index (χ0n) is 23.5. The Hall–Kier alpha value is -4.46. The molecule has 1 saturated heterocycles. The second-order valence-corrected chi connectivity index (χ2v) is 11.1. The first-order valence-electron chi connectivity index (χ1n) is 13.6. The van der Waals surface area contributed by atoms with E-state index in [4.69, 9.17) is 9.72 Å². The molecule has 0 radical (unpaired) electrons. The van der Waals surface area contributed by atoms with Crippen molar-refractivity contribution in [2.24, 2.45) is 0 Å². The Balaban J connectivity index is 1.47. The molecule has 0 aliphatic carbocycles. The van der Waals surface area contributed by atoms with Crippen molar-refractivity contribution in [1.82, 2.24) is 14.9 Å². The van der Waals surface area contributed by atoms with E-state index in [1.54, 1.807) is 19.1 Å². The van der Waals surface area contributed by atoms with Gasteiger partial charge in [-0.2, -0.15) is 0 Å². The van der Waals surface area contributed by atoms with E-state index in [1.165, 1.54) is 4.90 Å². The average molecular weight is 539 g/mol. The summed E-state index contributed by atoms with van der Waals surface area (Å²) in [4.78, 5) is 44.0. The van der Waals surface area contributed by atoms with Gasteiger partial charge in [-0.15, -0.1) is 0 Å².